The van der Waals surface area contributed by atoms with Crippen LogP contribution in [0.5, 0.6) is 5.75 Å². The van der Waals surface area contributed by atoms with Crippen LogP contribution in [0.1, 0.15) is 63.5 Å². The van der Waals surface area contributed by atoms with Crippen molar-refractivity contribution in [1.29, 1.82) is 0 Å². The zero-order chi connectivity index (χ0) is 19.5. The molecule has 0 bridgehead atoms. The summed E-state index contributed by atoms with van der Waals surface area (Å²) >= 11 is 0. The molecule has 140 valence electrons. The Morgan fingerprint density at radius 2 is 1.64 bits per heavy atom. The van der Waals surface area contributed by atoms with E-state index in [1.165, 1.54) is 11.1 Å². The zero-order valence-corrected chi connectivity index (χ0v) is 16.3. The number of hydrogen-bond donors (Lipinski definition) is 0. The van der Waals surface area contributed by atoms with Gasteiger partial charge in [0.05, 0.1) is 12.7 Å². The molecule has 3 heteroatoms. The van der Waals surface area contributed by atoms with E-state index in [0.717, 1.165) is 34.4 Å². The van der Waals surface area contributed by atoms with Crippen LogP contribution in [0.2, 0.25) is 0 Å². The second-order valence-corrected chi connectivity index (χ2v) is 7.89. The summed E-state index contributed by atoms with van der Waals surface area (Å²) in [6, 6.07) is 20.4. The Hall–Kier alpha value is -3.07. The molecule has 0 amide bonds. The van der Waals surface area contributed by atoms with Crippen molar-refractivity contribution in [3.63, 3.8) is 0 Å². The van der Waals surface area contributed by atoms with Gasteiger partial charge in [0.15, 0.2) is 5.60 Å². The lowest BCUT2D eigenvalue weighted by Crippen LogP contribution is -2.35. The minimum atomic E-state index is -0.891. The van der Waals surface area contributed by atoms with Gasteiger partial charge in [-0.2, -0.15) is 0 Å². The van der Waals surface area contributed by atoms with Crippen LogP contribution in [-0.4, -0.2) is 13.1 Å². The van der Waals surface area contributed by atoms with Gasteiger partial charge in [-0.3, -0.25) is 0 Å². The van der Waals surface area contributed by atoms with Gasteiger partial charge < -0.3 is 9.47 Å². The number of carbonyl (C=O) groups is 1. The summed E-state index contributed by atoms with van der Waals surface area (Å²) in [6.45, 7) is 4.39. The van der Waals surface area contributed by atoms with Crippen molar-refractivity contribution in [2.24, 2.45) is 0 Å². The lowest BCUT2D eigenvalue weighted by molar-refractivity contribution is 0.0240. The second-order valence-electron chi connectivity index (χ2n) is 7.89. The Balaban J connectivity index is 1.84. The van der Waals surface area contributed by atoms with Gasteiger partial charge in [0, 0.05) is 16.7 Å². The smallest absolute Gasteiger partial charge is 0.340 e. The molecule has 1 aliphatic heterocycles. The summed E-state index contributed by atoms with van der Waals surface area (Å²) in [6.07, 6.45) is 0.796. The van der Waals surface area contributed by atoms with Gasteiger partial charge in [-0.15, -0.1) is 0 Å². The Bertz CT molecular complexity index is 1110. The zero-order valence-electron chi connectivity index (χ0n) is 16.3. The molecule has 0 fully saturated rings. The van der Waals surface area contributed by atoms with Gasteiger partial charge in [0.25, 0.3) is 0 Å². The maximum absolute atomic E-state index is 12.8. The van der Waals surface area contributed by atoms with Gasteiger partial charge >= 0.3 is 5.97 Å². The average molecular weight is 370 g/mol. The van der Waals surface area contributed by atoms with Crippen molar-refractivity contribution in [3.8, 4) is 5.75 Å². The fraction of sp³-hybridized carbons (Fsp3) is 0.240. The summed E-state index contributed by atoms with van der Waals surface area (Å²) in [5.74, 6) is 0.986. The van der Waals surface area contributed by atoms with Crippen molar-refractivity contribution in [2.75, 3.05) is 7.11 Å². The number of benzene rings is 3. The van der Waals surface area contributed by atoms with Crippen LogP contribution in [0, 0.1) is 0 Å². The molecule has 28 heavy (non-hydrogen) atoms. The Morgan fingerprint density at radius 3 is 2.39 bits per heavy atom. The number of fused-ring (bicyclic) bond motifs is 6. The quantitative estimate of drug-likeness (QED) is 0.583. The molecule has 0 saturated carbocycles. The molecule has 1 spiro atoms. The molecule has 0 N–H and O–H groups in total. The average Bonchev–Trinajstić information content (AvgIpc) is 3.01. The standard InChI is InChI=1S/C25H22O3/c1-15(2)16-8-10-21-17(12-16)13-18-14-19(27-3)9-11-22(18)25(21)23-7-5-4-6-20(23)24(26)28-25/h4-12,14-15H,13H2,1-3H3. The van der Waals surface area contributed by atoms with Crippen LogP contribution < -0.4 is 4.74 Å². The van der Waals surface area contributed by atoms with E-state index in [4.69, 9.17) is 9.47 Å². The maximum Gasteiger partial charge on any atom is 0.340 e. The number of methoxy groups -OCH3 is 1. The third-order valence-electron chi connectivity index (χ3n) is 6.02. The highest BCUT2D eigenvalue weighted by Crippen LogP contribution is 2.52. The van der Waals surface area contributed by atoms with Gasteiger partial charge in [0.2, 0.25) is 0 Å². The van der Waals surface area contributed by atoms with Crippen LogP contribution in [0.4, 0.5) is 0 Å². The second kappa shape index (κ2) is 5.96. The van der Waals surface area contributed by atoms with E-state index in [1.54, 1.807) is 7.11 Å². The van der Waals surface area contributed by atoms with Crippen LogP contribution in [0.15, 0.2) is 60.7 Å². The Morgan fingerprint density at radius 1 is 0.929 bits per heavy atom. The third-order valence-corrected chi connectivity index (χ3v) is 6.02. The normalized spacial score (nSPS) is 19.2. The van der Waals surface area contributed by atoms with Crippen LogP contribution in [0.25, 0.3) is 0 Å². The molecule has 3 aromatic rings. The lowest BCUT2D eigenvalue weighted by atomic mass is 9.70. The molecule has 0 aromatic heterocycles. The van der Waals surface area contributed by atoms with Gasteiger partial charge in [-0.1, -0.05) is 56.3 Å². The molecule has 3 aromatic carbocycles. The summed E-state index contributed by atoms with van der Waals surface area (Å²) in [5, 5.41) is 0. The Kier molecular flexibility index (Phi) is 3.63. The highest BCUT2D eigenvalue weighted by molar-refractivity contribution is 5.96. The summed E-state index contributed by atoms with van der Waals surface area (Å²) in [5.41, 5.74) is 6.39. The van der Waals surface area contributed by atoms with E-state index < -0.39 is 5.60 Å². The molecular formula is C25H22O3. The van der Waals surface area contributed by atoms with E-state index in [1.807, 2.05) is 36.4 Å². The fourth-order valence-electron chi connectivity index (χ4n) is 4.62. The molecule has 3 nitrogen and oxygen atoms in total. The highest BCUT2D eigenvalue weighted by atomic mass is 16.6. The van der Waals surface area contributed by atoms with E-state index >= 15 is 0 Å². The van der Waals surface area contributed by atoms with Crippen LogP contribution in [0.3, 0.4) is 0 Å². The maximum atomic E-state index is 12.8. The van der Waals surface area contributed by atoms with E-state index in [0.29, 0.717) is 11.5 Å². The monoisotopic (exact) mass is 370 g/mol. The number of ether oxygens (including phenoxy) is 2. The first-order chi connectivity index (χ1) is 13.5. The molecule has 1 atom stereocenters. The van der Waals surface area contributed by atoms with Crippen LogP contribution in [-0.2, 0) is 16.8 Å². The molecule has 5 rings (SSSR count). The van der Waals surface area contributed by atoms with Crippen molar-refractivity contribution < 1.29 is 14.3 Å². The van der Waals surface area contributed by atoms with E-state index in [2.05, 4.69) is 38.1 Å². The van der Waals surface area contributed by atoms with Crippen molar-refractivity contribution >= 4 is 5.97 Å². The molecule has 1 aliphatic carbocycles. The predicted molar refractivity (Wildman–Crippen MR) is 108 cm³/mol. The minimum absolute atomic E-state index is 0.266. The number of rotatable bonds is 2. The highest BCUT2D eigenvalue weighted by Gasteiger charge is 2.52. The van der Waals surface area contributed by atoms with Crippen molar-refractivity contribution in [1.82, 2.24) is 0 Å². The summed E-state index contributed by atoms with van der Waals surface area (Å²) in [7, 11) is 1.68. The van der Waals surface area contributed by atoms with Gasteiger partial charge in [0.1, 0.15) is 5.75 Å². The lowest BCUT2D eigenvalue weighted by Gasteiger charge is -2.37. The first-order valence-corrected chi connectivity index (χ1v) is 9.68. The fourth-order valence-corrected chi connectivity index (χ4v) is 4.62. The van der Waals surface area contributed by atoms with E-state index in [-0.39, 0.29) is 5.97 Å². The van der Waals surface area contributed by atoms with Crippen molar-refractivity contribution in [2.45, 2.75) is 31.8 Å². The topological polar surface area (TPSA) is 35.5 Å². The molecule has 1 unspecified atom stereocenters. The van der Waals surface area contributed by atoms with E-state index in [9.17, 15) is 4.79 Å². The largest absolute Gasteiger partial charge is 0.497 e. The summed E-state index contributed by atoms with van der Waals surface area (Å²) < 4.78 is 11.7. The number of carbonyl (C=O) groups excluding carboxylic acids is 1. The number of hydrogen-bond acceptors (Lipinski definition) is 3. The first-order valence-electron chi connectivity index (χ1n) is 9.68. The molecule has 2 aliphatic rings. The summed E-state index contributed by atoms with van der Waals surface area (Å²) in [4.78, 5) is 12.8. The van der Waals surface area contributed by atoms with Gasteiger partial charge in [-0.25, -0.2) is 4.79 Å². The molecule has 0 saturated heterocycles. The van der Waals surface area contributed by atoms with Crippen molar-refractivity contribution in [3.05, 3.63) is 99.6 Å². The molecule has 1 heterocycles. The number of esters is 1. The Labute approximate surface area is 164 Å². The predicted octanol–water partition coefficient (Wildman–Crippen LogP) is 5.19. The SMILES string of the molecule is COc1ccc2c(c1)Cc1cc(C(C)C)ccc1C21OC(=O)c2ccccc21. The first kappa shape index (κ1) is 17.1. The molecular weight excluding hydrogens is 348 g/mol. The third kappa shape index (κ3) is 2.19. The minimum Gasteiger partial charge on any atom is -0.497 e. The van der Waals surface area contributed by atoms with Gasteiger partial charge in [-0.05, 0) is 47.2 Å². The molecule has 0 radical (unpaired) electrons. The van der Waals surface area contributed by atoms with Crippen LogP contribution >= 0.6 is 0 Å².